The summed E-state index contributed by atoms with van der Waals surface area (Å²) in [6.45, 7) is 2.09. The predicted molar refractivity (Wildman–Crippen MR) is 71.9 cm³/mol. The van der Waals surface area contributed by atoms with Crippen molar-refractivity contribution in [2.45, 2.75) is 13.3 Å². The van der Waals surface area contributed by atoms with Gasteiger partial charge in [-0.15, -0.1) is 0 Å². The molecule has 2 heteroatoms. The number of hydrogen-bond donors (Lipinski definition) is 1. The van der Waals surface area contributed by atoms with Crippen LogP contribution in [0.1, 0.15) is 16.7 Å². The van der Waals surface area contributed by atoms with Gasteiger partial charge >= 0.3 is 0 Å². The molecule has 0 aromatic heterocycles. The molecule has 0 atom stereocenters. The first kappa shape index (κ1) is 10.1. The Morgan fingerprint density at radius 1 is 1.06 bits per heavy atom. The van der Waals surface area contributed by atoms with Crippen molar-refractivity contribution in [1.29, 1.82) is 0 Å². The molecule has 0 saturated heterocycles. The third-order valence-electron chi connectivity index (χ3n) is 3.11. The SMILES string of the molecule is Cc1ccc(C2=Nc3cc(N)ccc3C2)cc1. The fourth-order valence-corrected chi connectivity index (χ4v) is 2.11. The first-order chi connectivity index (χ1) is 8.22. The smallest absolute Gasteiger partial charge is 0.0689 e. The van der Waals surface area contributed by atoms with Crippen LogP contribution in [0.15, 0.2) is 47.5 Å². The van der Waals surface area contributed by atoms with Crippen LogP contribution in [0, 0.1) is 6.92 Å². The van der Waals surface area contributed by atoms with Gasteiger partial charge in [0, 0.05) is 12.1 Å². The lowest BCUT2D eigenvalue weighted by Gasteiger charge is -2.00. The Hall–Kier alpha value is -2.09. The molecule has 0 saturated carbocycles. The van der Waals surface area contributed by atoms with Crippen molar-refractivity contribution >= 4 is 17.1 Å². The van der Waals surface area contributed by atoms with E-state index in [-0.39, 0.29) is 0 Å². The summed E-state index contributed by atoms with van der Waals surface area (Å²) in [6, 6.07) is 14.4. The lowest BCUT2D eigenvalue weighted by atomic mass is 10.0. The van der Waals surface area contributed by atoms with Crippen LogP contribution in [0.3, 0.4) is 0 Å². The quantitative estimate of drug-likeness (QED) is 0.739. The second kappa shape index (κ2) is 3.74. The molecule has 0 amide bonds. The molecule has 2 N–H and O–H groups in total. The minimum atomic E-state index is 0.776. The number of anilines is 1. The fraction of sp³-hybridized carbons (Fsp3) is 0.133. The van der Waals surface area contributed by atoms with E-state index in [0.717, 1.165) is 23.5 Å². The van der Waals surface area contributed by atoms with Crippen LogP contribution in [-0.2, 0) is 6.42 Å². The van der Waals surface area contributed by atoms with Gasteiger partial charge < -0.3 is 5.73 Å². The molecule has 2 nitrogen and oxygen atoms in total. The van der Waals surface area contributed by atoms with Gasteiger partial charge in [0.2, 0.25) is 0 Å². The third-order valence-corrected chi connectivity index (χ3v) is 3.11. The highest BCUT2D eigenvalue weighted by Crippen LogP contribution is 2.30. The van der Waals surface area contributed by atoms with Crippen LogP contribution in [-0.4, -0.2) is 5.71 Å². The zero-order valence-corrected chi connectivity index (χ0v) is 9.77. The van der Waals surface area contributed by atoms with Crippen molar-refractivity contribution in [3.05, 3.63) is 59.2 Å². The molecule has 2 aromatic carbocycles. The summed E-state index contributed by atoms with van der Waals surface area (Å²) < 4.78 is 0. The van der Waals surface area contributed by atoms with E-state index in [2.05, 4.69) is 42.2 Å². The molecule has 1 heterocycles. The Morgan fingerprint density at radius 2 is 1.82 bits per heavy atom. The van der Waals surface area contributed by atoms with Gasteiger partial charge in [0.15, 0.2) is 0 Å². The number of fused-ring (bicyclic) bond motifs is 1. The maximum Gasteiger partial charge on any atom is 0.0689 e. The van der Waals surface area contributed by atoms with Crippen LogP contribution in [0.2, 0.25) is 0 Å². The van der Waals surface area contributed by atoms with Crippen molar-refractivity contribution in [3.8, 4) is 0 Å². The summed E-state index contributed by atoms with van der Waals surface area (Å²) in [5.41, 5.74) is 12.4. The number of aliphatic imine (C=N–C) groups is 1. The van der Waals surface area contributed by atoms with Crippen molar-refractivity contribution in [3.63, 3.8) is 0 Å². The molecule has 84 valence electrons. The third kappa shape index (κ3) is 1.82. The summed E-state index contributed by atoms with van der Waals surface area (Å²) >= 11 is 0. The number of nitrogen functional groups attached to an aromatic ring is 1. The zero-order valence-electron chi connectivity index (χ0n) is 9.77. The fourth-order valence-electron chi connectivity index (χ4n) is 2.11. The normalized spacial score (nSPS) is 13.4. The highest BCUT2D eigenvalue weighted by Gasteiger charge is 2.15. The van der Waals surface area contributed by atoms with Crippen molar-refractivity contribution in [2.75, 3.05) is 5.73 Å². The van der Waals surface area contributed by atoms with Gasteiger partial charge in [-0.25, -0.2) is 0 Å². The van der Waals surface area contributed by atoms with Crippen molar-refractivity contribution in [2.24, 2.45) is 4.99 Å². The molecule has 17 heavy (non-hydrogen) atoms. The molecular formula is C15H14N2. The molecule has 1 aliphatic heterocycles. The highest BCUT2D eigenvalue weighted by molar-refractivity contribution is 6.06. The van der Waals surface area contributed by atoms with E-state index in [1.165, 1.54) is 16.7 Å². The zero-order chi connectivity index (χ0) is 11.8. The Morgan fingerprint density at radius 3 is 2.59 bits per heavy atom. The molecular weight excluding hydrogens is 208 g/mol. The topological polar surface area (TPSA) is 38.4 Å². The summed E-state index contributed by atoms with van der Waals surface area (Å²) in [7, 11) is 0. The average molecular weight is 222 g/mol. The van der Waals surface area contributed by atoms with Crippen LogP contribution >= 0.6 is 0 Å². The van der Waals surface area contributed by atoms with Gasteiger partial charge in [0.25, 0.3) is 0 Å². The second-order valence-corrected chi connectivity index (χ2v) is 4.49. The lowest BCUT2D eigenvalue weighted by molar-refractivity contribution is 1.38. The van der Waals surface area contributed by atoms with Crippen LogP contribution in [0.5, 0.6) is 0 Å². The van der Waals surface area contributed by atoms with Crippen molar-refractivity contribution < 1.29 is 0 Å². The Bertz CT molecular complexity index is 595. The summed E-state index contributed by atoms with van der Waals surface area (Å²) in [6.07, 6.45) is 0.901. The van der Waals surface area contributed by atoms with Crippen LogP contribution < -0.4 is 5.73 Å². The number of nitrogens with zero attached hydrogens (tertiary/aromatic N) is 1. The summed E-state index contributed by atoms with van der Waals surface area (Å²) in [5.74, 6) is 0. The minimum Gasteiger partial charge on any atom is -0.399 e. The molecule has 0 fully saturated rings. The van der Waals surface area contributed by atoms with Crippen LogP contribution in [0.25, 0.3) is 0 Å². The monoisotopic (exact) mass is 222 g/mol. The lowest BCUT2D eigenvalue weighted by Crippen LogP contribution is -1.99. The Balaban J connectivity index is 1.99. The van der Waals surface area contributed by atoms with Crippen LogP contribution in [0.4, 0.5) is 11.4 Å². The largest absolute Gasteiger partial charge is 0.399 e. The number of rotatable bonds is 1. The highest BCUT2D eigenvalue weighted by atomic mass is 14.8. The second-order valence-electron chi connectivity index (χ2n) is 4.49. The molecule has 0 unspecified atom stereocenters. The molecule has 0 aliphatic carbocycles. The molecule has 3 rings (SSSR count). The first-order valence-electron chi connectivity index (χ1n) is 5.75. The van der Waals surface area contributed by atoms with E-state index >= 15 is 0 Å². The van der Waals surface area contributed by atoms with E-state index in [1.54, 1.807) is 0 Å². The van der Waals surface area contributed by atoms with E-state index in [4.69, 9.17) is 5.73 Å². The Labute approximate surface area is 101 Å². The number of benzene rings is 2. The summed E-state index contributed by atoms with van der Waals surface area (Å²) in [4.78, 5) is 4.65. The molecule has 0 radical (unpaired) electrons. The predicted octanol–water partition coefficient (Wildman–Crippen LogP) is 3.25. The van der Waals surface area contributed by atoms with Gasteiger partial charge in [-0.1, -0.05) is 35.9 Å². The maximum atomic E-state index is 5.77. The molecule has 2 aromatic rings. The van der Waals surface area contributed by atoms with Gasteiger partial charge in [0.1, 0.15) is 0 Å². The number of hydrogen-bond acceptors (Lipinski definition) is 2. The Kier molecular flexibility index (Phi) is 2.22. The van der Waals surface area contributed by atoms with E-state index in [0.29, 0.717) is 0 Å². The van der Waals surface area contributed by atoms with Gasteiger partial charge in [0.05, 0.1) is 11.4 Å². The van der Waals surface area contributed by atoms with Gasteiger partial charge in [-0.05, 0) is 30.2 Å². The van der Waals surface area contributed by atoms with Crippen molar-refractivity contribution in [1.82, 2.24) is 0 Å². The van der Waals surface area contributed by atoms with E-state index in [9.17, 15) is 0 Å². The van der Waals surface area contributed by atoms with E-state index in [1.807, 2.05) is 12.1 Å². The number of nitrogens with two attached hydrogens (primary N) is 1. The van der Waals surface area contributed by atoms with Gasteiger partial charge in [-0.3, -0.25) is 4.99 Å². The number of aryl methyl sites for hydroxylation is 1. The van der Waals surface area contributed by atoms with E-state index < -0.39 is 0 Å². The molecule has 1 aliphatic rings. The minimum absolute atomic E-state index is 0.776. The molecule has 0 spiro atoms. The summed E-state index contributed by atoms with van der Waals surface area (Å²) in [5, 5.41) is 0. The standard InChI is InChI=1S/C15H14N2/c1-10-2-4-11(5-3-10)14-8-12-6-7-13(16)9-15(12)17-14/h2-7,9H,8,16H2,1H3. The average Bonchev–Trinajstić information content (AvgIpc) is 2.72. The maximum absolute atomic E-state index is 5.77. The van der Waals surface area contributed by atoms with Gasteiger partial charge in [-0.2, -0.15) is 0 Å². The first-order valence-corrected chi connectivity index (χ1v) is 5.75. The molecule has 0 bridgehead atoms.